The smallest absolute Gasteiger partial charge is 0.311 e. The van der Waals surface area contributed by atoms with Gasteiger partial charge in [-0.3, -0.25) is 9.59 Å². The minimum Gasteiger partial charge on any atom is -0.481 e. The summed E-state index contributed by atoms with van der Waals surface area (Å²) in [5, 5.41) is 9.47. The molecule has 0 spiro atoms. The normalized spacial score (nSPS) is 23.1. The number of nitrogens with zero attached hydrogens (tertiary/aromatic N) is 1. The van der Waals surface area contributed by atoms with Crippen molar-refractivity contribution in [2.75, 3.05) is 13.1 Å². The highest BCUT2D eigenvalue weighted by atomic mass is 32.1. The van der Waals surface area contributed by atoms with E-state index in [2.05, 4.69) is 0 Å². The molecule has 1 aromatic rings. The minimum absolute atomic E-state index is 0.0212. The van der Waals surface area contributed by atoms with Crippen LogP contribution in [0, 0.1) is 18.3 Å². The summed E-state index contributed by atoms with van der Waals surface area (Å²) in [6.07, 6.45) is 0.538. The summed E-state index contributed by atoms with van der Waals surface area (Å²) in [5.74, 6) is -0.810. The number of hydrogen-bond donors (Lipinski definition) is 1. The van der Waals surface area contributed by atoms with Crippen LogP contribution in [0.5, 0.6) is 0 Å². The Hall–Kier alpha value is -1.36. The largest absolute Gasteiger partial charge is 0.481 e. The third-order valence-electron chi connectivity index (χ3n) is 4.07. The molecule has 1 aliphatic rings. The van der Waals surface area contributed by atoms with Crippen LogP contribution in [-0.2, 0) is 4.79 Å². The highest BCUT2D eigenvalue weighted by Gasteiger charge is 2.48. The van der Waals surface area contributed by atoms with Crippen LogP contribution in [0.3, 0.4) is 0 Å². The zero-order valence-corrected chi connectivity index (χ0v) is 12.3. The van der Waals surface area contributed by atoms with Crippen LogP contribution in [0.15, 0.2) is 12.1 Å². The first kappa shape index (κ1) is 14.1. The molecule has 1 atom stereocenters. The minimum atomic E-state index is -0.792. The standard InChI is InChI=1S/C14H19NO3S/c1-9(2)14(13(17)18)6-7-15(8-14)12(16)11-5-4-10(3)19-11/h4-5,9H,6-8H2,1-3H3,(H,17,18). The number of hydrogen-bond acceptors (Lipinski definition) is 3. The monoisotopic (exact) mass is 281 g/mol. The molecule has 4 nitrogen and oxygen atoms in total. The Morgan fingerprint density at radius 1 is 1.42 bits per heavy atom. The van der Waals surface area contributed by atoms with Gasteiger partial charge in [0.15, 0.2) is 0 Å². The molecule has 0 aliphatic carbocycles. The Bertz CT molecular complexity index is 509. The van der Waals surface area contributed by atoms with E-state index in [1.807, 2.05) is 32.9 Å². The van der Waals surface area contributed by atoms with Gasteiger partial charge in [0.25, 0.3) is 5.91 Å². The number of likely N-dealkylation sites (tertiary alicyclic amines) is 1. The molecular weight excluding hydrogens is 262 g/mol. The second kappa shape index (κ2) is 4.96. The molecule has 104 valence electrons. The van der Waals surface area contributed by atoms with Crippen molar-refractivity contribution >= 4 is 23.2 Å². The first-order chi connectivity index (χ1) is 8.86. The molecule has 1 saturated heterocycles. The van der Waals surface area contributed by atoms with Crippen LogP contribution < -0.4 is 0 Å². The van der Waals surface area contributed by atoms with Crippen molar-refractivity contribution in [3.63, 3.8) is 0 Å². The van der Waals surface area contributed by atoms with Crippen LogP contribution in [0.4, 0.5) is 0 Å². The van der Waals surface area contributed by atoms with Crippen LogP contribution in [0.2, 0.25) is 0 Å². The van der Waals surface area contributed by atoms with Gasteiger partial charge in [-0.25, -0.2) is 0 Å². The van der Waals surface area contributed by atoms with Crippen molar-refractivity contribution in [2.45, 2.75) is 27.2 Å². The number of aryl methyl sites for hydroxylation is 1. The van der Waals surface area contributed by atoms with Crippen LogP contribution in [-0.4, -0.2) is 35.0 Å². The molecule has 2 heterocycles. The van der Waals surface area contributed by atoms with Gasteiger partial charge < -0.3 is 10.0 Å². The molecule has 1 N–H and O–H groups in total. The van der Waals surface area contributed by atoms with E-state index in [4.69, 9.17) is 0 Å². The molecular formula is C14H19NO3S. The Morgan fingerprint density at radius 2 is 2.11 bits per heavy atom. The number of amides is 1. The SMILES string of the molecule is Cc1ccc(C(=O)N2CCC(C(=O)O)(C(C)C)C2)s1. The van der Waals surface area contributed by atoms with Crippen molar-refractivity contribution in [3.05, 3.63) is 21.9 Å². The third kappa shape index (κ3) is 2.39. The summed E-state index contributed by atoms with van der Waals surface area (Å²) in [6, 6.07) is 3.74. The van der Waals surface area contributed by atoms with Gasteiger partial charge in [0.05, 0.1) is 10.3 Å². The Balaban J connectivity index is 2.18. The highest BCUT2D eigenvalue weighted by molar-refractivity contribution is 7.13. The van der Waals surface area contributed by atoms with E-state index in [1.54, 1.807) is 4.90 Å². The van der Waals surface area contributed by atoms with E-state index >= 15 is 0 Å². The summed E-state index contributed by atoms with van der Waals surface area (Å²) < 4.78 is 0. The third-order valence-corrected chi connectivity index (χ3v) is 5.06. The van der Waals surface area contributed by atoms with Crippen molar-refractivity contribution in [1.82, 2.24) is 4.90 Å². The molecule has 1 fully saturated rings. The van der Waals surface area contributed by atoms with Gasteiger partial charge in [-0.2, -0.15) is 0 Å². The number of carbonyl (C=O) groups excluding carboxylic acids is 1. The van der Waals surface area contributed by atoms with E-state index in [0.29, 0.717) is 24.4 Å². The lowest BCUT2D eigenvalue weighted by molar-refractivity contribution is -0.150. The van der Waals surface area contributed by atoms with Crippen molar-refractivity contribution in [3.8, 4) is 0 Å². The topological polar surface area (TPSA) is 57.6 Å². The number of carboxylic acids is 1. The summed E-state index contributed by atoms with van der Waals surface area (Å²) in [7, 11) is 0. The summed E-state index contributed by atoms with van der Waals surface area (Å²) in [5.41, 5.74) is -0.790. The molecule has 2 rings (SSSR count). The average molecular weight is 281 g/mol. The first-order valence-electron chi connectivity index (χ1n) is 6.46. The molecule has 1 unspecified atom stereocenters. The predicted molar refractivity (Wildman–Crippen MR) is 74.5 cm³/mol. The summed E-state index contributed by atoms with van der Waals surface area (Å²) in [6.45, 7) is 6.63. The molecule has 0 saturated carbocycles. The second-order valence-electron chi connectivity index (χ2n) is 5.50. The van der Waals surface area contributed by atoms with Gasteiger partial charge >= 0.3 is 5.97 Å². The maximum atomic E-state index is 12.3. The fourth-order valence-corrected chi connectivity index (χ4v) is 3.44. The van der Waals surface area contributed by atoms with Crippen LogP contribution in [0.1, 0.15) is 34.8 Å². The van der Waals surface area contributed by atoms with E-state index < -0.39 is 11.4 Å². The quantitative estimate of drug-likeness (QED) is 0.926. The van der Waals surface area contributed by atoms with Gasteiger partial charge in [0, 0.05) is 18.0 Å². The summed E-state index contributed by atoms with van der Waals surface area (Å²) >= 11 is 1.46. The van der Waals surface area contributed by atoms with E-state index in [-0.39, 0.29) is 11.8 Å². The Morgan fingerprint density at radius 3 is 2.53 bits per heavy atom. The average Bonchev–Trinajstić information content (AvgIpc) is 2.94. The fraction of sp³-hybridized carbons (Fsp3) is 0.571. The number of rotatable bonds is 3. The highest BCUT2D eigenvalue weighted by Crippen LogP contribution is 2.39. The maximum absolute atomic E-state index is 12.3. The Kier molecular flexibility index (Phi) is 3.67. The maximum Gasteiger partial charge on any atom is 0.311 e. The van der Waals surface area contributed by atoms with Crippen molar-refractivity contribution in [1.29, 1.82) is 0 Å². The van der Waals surface area contributed by atoms with Crippen LogP contribution in [0.25, 0.3) is 0 Å². The number of thiophene rings is 1. The number of carboxylic acid groups (broad SMARTS) is 1. The molecule has 19 heavy (non-hydrogen) atoms. The van der Waals surface area contributed by atoms with Gasteiger partial charge in [-0.1, -0.05) is 13.8 Å². The second-order valence-corrected chi connectivity index (χ2v) is 6.79. The first-order valence-corrected chi connectivity index (χ1v) is 7.27. The molecule has 5 heteroatoms. The van der Waals surface area contributed by atoms with Gasteiger partial charge in [-0.15, -0.1) is 11.3 Å². The van der Waals surface area contributed by atoms with E-state index in [9.17, 15) is 14.7 Å². The molecule has 0 bridgehead atoms. The zero-order valence-electron chi connectivity index (χ0n) is 11.5. The fourth-order valence-electron chi connectivity index (χ4n) is 2.60. The predicted octanol–water partition coefficient (Wildman–Crippen LogP) is 2.63. The molecule has 1 amide bonds. The molecule has 1 aliphatic heterocycles. The lowest BCUT2D eigenvalue weighted by atomic mass is 9.76. The summed E-state index contributed by atoms with van der Waals surface area (Å²) in [4.78, 5) is 27.3. The molecule has 0 radical (unpaired) electrons. The zero-order chi connectivity index (χ0) is 14.2. The number of carbonyl (C=O) groups is 2. The van der Waals surface area contributed by atoms with Crippen molar-refractivity contribution in [2.24, 2.45) is 11.3 Å². The van der Waals surface area contributed by atoms with Crippen molar-refractivity contribution < 1.29 is 14.7 Å². The van der Waals surface area contributed by atoms with Gasteiger partial charge in [0.1, 0.15) is 0 Å². The molecule has 1 aromatic heterocycles. The number of aliphatic carboxylic acids is 1. The van der Waals surface area contributed by atoms with E-state index in [1.165, 1.54) is 11.3 Å². The van der Waals surface area contributed by atoms with Crippen LogP contribution >= 0.6 is 11.3 Å². The Labute approximate surface area is 117 Å². The van der Waals surface area contributed by atoms with Gasteiger partial charge in [0.2, 0.25) is 0 Å². The van der Waals surface area contributed by atoms with E-state index in [0.717, 1.165) is 4.88 Å². The lowest BCUT2D eigenvalue weighted by Gasteiger charge is -2.28. The van der Waals surface area contributed by atoms with Gasteiger partial charge in [-0.05, 0) is 31.4 Å². The lowest BCUT2D eigenvalue weighted by Crippen LogP contribution is -2.40. The molecule has 0 aromatic carbocycles.